The van der Waals surface area contributed by atoms with E-state index >= 15 is 0 Å². The van der Waals surface area contributed by atoms with Crippen LogP contribution >= 0.6 is 0 Å². The standard InChI is InChI=1S/C10H22N2O3/c1-4-12(7-8-15-3)6-5-10(2,11)9(13)14/h4-8,11H2,1-3H3,(H,13,14). The van der Waals surface area contributed by atoms with Crippen molar-refractivity contribution in [3.8, 4) is 0 Å². The van der Waals surface area contributed by atoms with E-state index < -0.39 is 11.5 Å². The van der Waals surface area contributed by atoms with Gasteiger partial charge in [-0.05, 0) is 19.9 Å². The monoisotopic (exact) mass is 218 g/mol. The molecule has 0 aromatic carbocycles. The van der Waals surface area contributed by atoms with Gasteiger partial charge in [0.2, 0.25) is 0 Å². The van der Waals surface area contributed by atoms with Crippen LogP contribution < -0.4 is 5.73 Å². The second kappa shape index (κ2) is 6.76. The van der Waals surface area contributed by atoms with Gasteiger partial charge in [0.25, 0.3) is 0 Å². The van der Waals surface area contributed by atoms with Crippen LogP contribution in [0, 0.1) is 0 Å². The fourth-order valence-electron chi connectivity index (χ4n) is 1.15. The van der Waals surface area contributed by atoms with Crippen LogP contribution in [0.4, 0.5) is 0 Å². The highest BCUT2D eigenvalue weighted by Crippen LogP contribution is 2.07. The SMILES string of the molecule is CCN(CCOC)CCC(C)(N)C(=O)O. The highest BCUT2D eigenvalue weighted by atomic mass is 16.5. The van der Waals surface area contributed by atoms with Crippen molar-refractivity contribution in [1.82, 2.24) is 4.90 Å². The fraction of sp³-hybridized carbons (Fsp3) is 0.900. The molecule has 0 saturated heterocycles. The predicted molar refractivity (Wildman–Crippen MR) is 58.8 cm³/mol. The number of nitrogens with zero attached hydrogens (tertiary/aromatic N) is 1. The summed E-state index contributed by atoms with van der Waals surface area (Å²) in [4.78, 5) is 12.9. The average Bonchev–Trinajstić information content (AvgIpc) is 2.18. The first-order valence-corrected chi connectivity index (χ1v) is 5.17. The van der Waals surface area contributed by atoms with E-state index in [2.05, 4.69) is 4.90 Å². The first kappa shape index (κ1) is 14.3. The van der Waals surface area contributed by atoms with Crippen molar-refractivity contribution in [3.05, 3.63) is 0 Å². The van der Waals surface area contributed by atoms with E-state index in [-0.39, 0.29) is 0 Å². The van der Waals surface area contributed by atoms with Crippen molar-refractivity contribution in [2.24, 2.45) is 5.73 Å². The van der Waals surface area contributed by atoms with E-state index in [4.69, 9.17) is 15.6 Å². The Kier molecular flexibility index (Phi) is 6.47. The number of nitrogens with two attached hydrogens (primary N) is 1. The number of carboxylic acid groups (broad SMARTS) is 1. The van der Waals surface area contributed by atoms with Gasteiger partial charge in [0.05, 0.1) is 6.61 Å². The molecule has 0 aliphatic rings. The number of hydrogen-bond acceptors (Lipinski definition) is 4. The lowest BCUT2D eigenvalue weighted by Crippen LogP contribution is -2.47. The van der Waals surface area contributed by atoms with Crippen molar-refractivity contribution in [3.63, 3.8) is 0 Å². The number of rotatable bonds is 8. The lowest BCUT2D eigenvalue weighted by atomic mass is 9.99. The highest BCUT2D eigenvalue weighted by Gasteiger charge is 2.27. The molecule has 1 unspecified atom stereocenters. The third-order valence-electron chi connectivity index (χ3n) is 2.49. The Balaban J connectivity index is 3.94. The summed E-state index contributed by atoms with van der Waals surface area (Å²) < 4.78 is 4.96. The van der Waals surface area contributed by atoms with Gasteiger partial charge in [-0.3, -0.25) is 4.79 Å². The van der Waals surface area contributed by atoms with E-state index in [1.807, 2.05) is 6.92 Å². The zero-order chi connectivity index (χ0) is 11.9. The first-order valence-electron chi connectivity index (χ1n) is 5.17. The van der Waals surface area contributed by atoms with E-state index in [9.17, 15) is 4.79 Å². The van der Waals surface area contributed by atoms with Crippen LogP contribution in [-0.4, -0.2) is 54.9 Å². The van der Waals surface area contributed by atoms with Crippen molar-refractivity contribution < 1.29 is 14.6 Å². The number of hydrogen-bond donors (Lipinski definition) is 2. The van der Waals surface area contributed by atoms with Gasteiger partial charge in [0, 0.05) is 20.2 Å². The van der Waals surface area contributed by atoms with Crippen molar-refractivity contribution in [1.29, 1.82) is 0 Å². The molecule has 0 fully saturated rings. The normalized spacial score (nSPS) is 15.3. The van der Waals surface area contributed by atoms with E-state index in [1.165, 1.54) is 0 Å². The summed E-state index contributed by atoms with van der Waals surface area (Å²) >= 11 is 0. The molecule has 0 heterocycles. The molecule has 0 saturated carbocycles. The van der Waals surface area contributed by atoms with Gasteiger partial charge >= 0.3 is 5.97 Å². The molecule has 0 aliphatic heterocycles. The number of ether oxygens (including phenoxy) is 1. The van der Waals surface area contributed by atoms with Gasteiger partial charge in [-0.1, -0.05) is 6.92 Å². The number of aliphatic carboxylic acids is 1. The Labute approximate surface area is 91.2 Å². The molecule has 0 spiro atoms. The molecule has 1 atom stereocenters. The summed E-state index contributed by atoms with van der Waals surface area (Å²) in [7, 11) is 1.65. The van der Waals surface area contributed by atoms with Gasteiger partial charge in [0.15, 0.2) is 0 Å². The largest absolute Gasteiger partial charge is 0.480 e. The molecule has 0 aromatic heterocycles. The molecule has 15 heavy (non-hydrogen) atoms. The zero-order valence-electron chi connectivity index (χ0n) is 9.82. The van der Waals surface area contributed by atoms with Gasteiger partial charge in [-0.15, -0.1) is 0 Å². The molecule has 0 radical (unpaired) electrons. The van der Waals surface area contributed by atoms with E-state index in [0.717, 1.165) is 13.1 Å². The molecule has 0 rings (SSSR count). The van der Waals surface area contributed by atoms with Crippen molar-refractivity contribution in [2.45, 2.75) is 25.8 Å². The average molecular weight is 218 g/mol. The number of methoxy groups -OCH3 is 1. The minimum Gasteiger partial charge on any atom is -0.480 e. The maximum absolute atomic E-state index is 10.8. The van der Waals surface area contributed by atoms with Gasteiger partial charge in [-0.2, -0.15) is 0 Å². The van der Waals surface area contributed by atoms with Crippen LogP contribution in [0.5, 0.6) is 0 Å². The van der Waals surface area contributed by atoms with Crippen LogP contribution in [0.25, 0.3) is 0 Å². The molecule has 0 aromatic rings. The van der Waals surface area contributed by atoms with Crippen LogP contribution in [0.15, 0.2) is 0 Å². The molecule has 0 bridgehead atoms. The smallest absolute Gasteiger partial charge is 0.323 e. The minimum atomic E-state index is -1.14. The molecule has 0 amide bonds. The Hall–Kier alpha value is -0.650. The molecule has 0 aliphatic carbocycles. The second-order valence-electron chi connectivity index (χ2n) is 3.90. The Morgan fingerprint density at radius 3 is 2.53 bits per heavy atom. The Morgan fingerprint density at radius 2 is 2.13 bits per heavy atom. The van der Waals surface area contributed by atoms with Crippen LogP contribution in [0.1, 0.15) is 20.3 Å². The van der Waals surface area contributed by atoms with Crippen LogP contribution in [0.3, 0.4) is 0 Å². The van der Waals surface area contributed by atoms with Crippen LogP contribution in [-0.2, 0) is 9.53 Å². The molecular formula is C10H22N2O3. The predicted octanol–water partition coefficient (Wildman–Crippen LogP) is 0.147. The second-order valence-corrected chi connectivity index (χ2v) is 3.90. The molecule has 3 N–H and O–H groups in total. The topological polar surface area (TPSA) is 75.8 Å². The maximum atomic E-state index is 10.8. The van der Waals surface area contributed by atoms with Crippen molar-refractivity contribution in [2.75, 3.05) is 33.4 Å². The summed E-state index contributed by atoms with van der Waals surface area (Å²) in [6.07, 6.45) is 0.444. The Bertz CT molecular complexity index is 195. The summed E-state index contributed by atoms with van der Waals surface area (Å²) in [5.41, 5.74) is 4.50. The van der Waals surface area contributed by atoms with E-state index in [1.54, 1.807) is 14.0 Å². The summed E-state index contributed by atoms with van der Waals surface area (Å²) in [5.74, 6) is -0.953. The lowest BCUT2D eigenvalue weighted by Gasteiger charge is -2.25. The zero-order valence-corrected chi connectivity index (χ0v) is 9.82. The van der Waals surface area contributed by atoms with Gasteiger partial charge in [0.1, 0.15) is 5.54 Å². The van der Waals surface area contributed by atoms with E-state index in [0.29, 0.717) is 19.6 Å². The first-order chi connectivity index (χ1) is 6.94. The van der Waals surface area contributed by atoms with Gasteiger partial charge in [-0.25, -0.2) is 0 Å². The number of carboxylic acids is 1. The molecule has 5 nitrogen and oxygen atoms in total. The minimum absolute atomic E-state index is 0.444. The molecule has 90 valence electrons. The number of carbonyl (C=O) groups is 1. The fourth-order valence-corrected chi connectivity index (χ4v) is 1.15. The quantitative estimate of drug-likeness (QED) is 0.606. The molecule has 5 heteroatoms. The van der Waals surface area contributed by atoms with Crippen molar-refractivity contribution >= 4 is 5.97 Å². The lowest BCUT2D eigenvalue weighted by molar-refractivity contribution is -0.143. The van der Waals surface area contributed by atoms with Crippen LogP contribution in [0.2, 0.25) is 0 Å². The maximum Gasteiger partial charge on any atom is 0.323 e. The number of likely N-dealkylation sites (N-methyl/N-ethyl adjacent to an activating group) is 1. The van der Waals surface area contributed by atoms with Gasteiger partial charge < -0.3 is 20.5 Å². The molecular weight excluding hydrogens is 196 g/mol. The summed E-state index contributed by atoms with van der Waals surface area (Å²) in [5, 5.41) is 8.83. The highest BCUT2D eigenvalue weighted by molar-refractivity contribution is 5.77. The summed E-state index contributed by atoms with van der Waals surface area (Å²) in [6, 6.07) is 0. The third kappa shape index (κ3) is 5.71. The Morgan fingerprint density at radius 1 is 1.53 bits per heavy atom. The third-order valence-corrected chi connectivity index (χ3v) is 2.49. The summed E-state index contributed by atoms with van der Waals surface area (Å²) in [6.45, 7) is 6.59.